The van der Waals surface area contributed by atoms with Crippen LogP contribution in [0.15, 0.2) is 66.7 Å². The lowest BCUT2D eigenvalue weighted by Crippen LogP contribution is -2.57. The molecule has 0 radical (unpaired) electrons. The fourth-order valence-electron chi connectivity index (χ4n) is 6.66. The van der Waals surface area contributed by atoms with Gasteiger partial charge in [0.15, 0.2) is 0 Å². The first-order chi connectivity index (χ1) is 23.9. The number of nitrogens with zero attached hydrogens (tertiary/aromatic N) is 2. The monoisotopic (exact) mass is 684 g/mol. The molecule has 3 aliphatic rings. The maximum absolute atomic E-state index is 14.3. The highest BCUT2D eigenvalue weighted by molar-refractivity contribution is 5.97. The number of aromatic nitrogens is 1. The summed E-state index contributed by atoms with van der Waals surface area (Å²) in [6.07, 6.45) is 3.67. The number of nitrogens with one attached hydrogen (secondary N) is 2. The van der Waals surface area contributed by atoms with Crippen molar-refractivity contribution in [3.05, 3.63) is 66.7 Å². The predicted molar refractivity (Wildman–Crippen MR) is 185 cm³/mol. The van der Waals surface area contributed by atoms with Crippen molar-refractivity contribution in [2.45, 2.75) is 82.7 Å². The number of allylic oxidation sites excluding steroid dienone is 1. The number of pyridine rings is 1. The highest BCUT2D eigenvalue weighted by atomic mass is 16.6. The zero-order valence-electron chi connectivity index (χ0n) is 29.1. The van der Waals surface area contributed by atoms with Crippen LogP contribution in [0.5, 0.6) is 11.5 Å². The molecule has 2 N–H and O–H groups in total. The van der Waals surface area contributed by atoms with Crippen LogP contribution < -0.4 is 20.1 Å². The van der Waals surface area contributed by atoms with E-state index in [1.807, 2.05) is 66.7 Å². The molecule has 0 bridgehead atoms. The number of fused-ring (bicyclic) bond motifs is 3. The van der Waals surface area contributed by atoms with Gasteiger partial charge in [-0.15, -0.1) is 0 Å². The molecular formula is C38H44N4O8. The van der Waals surface area contributed by atoms with Gasteiger partial charge in [0.1, 0.15) is 40.8 Å². The van der Waals surface area contributed by atoms with E-state index in [1.165, 1.54) is 4.90 Å². The Morgan fingerprint density at radius 2 is 1.88 bits per heavy atom. The Kier molecular flexibility index (Phi) is 9.73. The molecule has 1 aliphatic carbocycles. The number of methoxy groups -OCH3 is 1. The van der Waals surface area contributed by atoms with Crippen LogP contribution in [0, 0.1) is 5.92 Å². The molecule has 1 saturated heterocycles. The van der Waals surface area contributed by atoms with Gasteiger partial charge in [-0.3, -0.25) is 9.59 Å². The molecule has 1 saturated carbocycles. The molecule has 264 valence electrons. The lowest BCUT2D eigenvalue weighted by atomic mass is 10.1. The molecule has 3 amide bonds. The average molecular weight is 685 g/mol. The fraction of sp³-hybridized carbons (Fsp3) is 0.447. The molecule has 5 atom stereocenters. The topological polar surface area (TPSA) is 145 Å². The number of carbonyl (C=O) groups is 4. The van der Waals surface area contributed by atoms with E-state index in [-0.39, 0.29) is 31.9 Å². The van der Waals surface area contributed by atoms with Gasteiger partial charge in [-0.1, -0.05) is 42.5 Å². The van der Waals surface area contributed by atoms with E-state index in [0.717, 1.165) is 10.9 Å². The summed E-state index contributed by atoms with van der Waals surface area (Å²) in [5, 5.41) is 6.43. The second-order valence-corrected chi connectivity index (χ2v) is 13.9. The minimum absolute atomic E-state index is 0.0652. The van der Waals surface area contributed by atoms with Crippen LogP contribution in [0.4, 0.5) is 4.79 Å². The molecular weight excluding hydrogens is 640 g/mol. The van der Waals surface area contributed by atoms with Crippen LogP contribution in [-0.2, 0) is 23.9 Å². The zero-order valence-corrected chi connectivity index (χ0v) is 29.1. The van der Waals surface area contributed by atoms with Crippen LogP contribution in [0.1, 0.15) is 53.4 Å². The van der Waals surface area contributed by atoms with Gasteiger partial charge in [-0.2, -0.15) is 0 Å². The van der Waals surface area contributed by atoms with E-state index < -0.39 is 53.2 Å². The molecule has 1 aromatic heterocycles. The van der Waals surface area contributed by atoms with Crippen molar-refractivity contribution in [2.75, 3.05) is 20.3 Å². The van der Waals surface area contributed by atoms with Crippen molar-refractivity contribution in [3.8, 4) is 22.8 Å². The number of hydrogen-bond donors (Lipinski definition) is 2. The van der Waals surface area contributed by atoms with Crippen LogP contribution in [-0.4, -0.2) is 83.3 Å². The Bertz CT molecular complexity index is 1810. The molecule has 1 unspecified atom stereocenters. The second kappa shape index (κ2) is 14.0. The van der Waals surface area contributed by atoms with Gasteiger partial charge >= 0.3 is 12.1 Å². The van der Waals surface area contributed by atoms with E-state index >= 15 is 0 Å². The van der Waals surface area contributed by atoms with Crippen molar-refractivity contribution in [2.24, 2.45) is 5.92 Å². The first-order valence-electron chi connectivity index (χ1n) is 17.1. The number of alkyl carbamates (subject to hydrolysis) is 1. The van der Waals surface area contributed by atoms with Crippen molar-refractivity contribution in [1.82, 2.24) is 20.5 Å². The highest BCUT2D eigenvalue weighted by Gasteiger charge is 2.62. The third kappa shape index (κ3) is 7.39. The summed E-state index contributed by atoms with van der Waals surface area (Å²) in [6.45, 7) is 7.19. The Balaban J connectivity index is 1.34. The molecule has 2 fully saturated rings. The van der Waals surface area contributed by atoms with Gasteiger partial charge in [-0.25, -0.2) is 14.6 Å². The number of hydrogen-bond acceptors (Lipinski definition) is 9. The number of carbonyl (C=O) groups excluding carboxylic acids is 4. The molecule has 3 aromatic rings. The van der Waals surface area contributed by atoms with Crippen LogP contribution in [0.2, 0.25) is 0 Å². The van der Waals surface area contributed by atoms with Crippen LogP contribution in [0.25, 0.3) is 22.2 Å². The Labute approximate surface area is 291 Å². The standard InChI is InChI=1S/C38H44N4O8/c1-6-48-35(45)38-21-24(38)14-10-11-15-28(40-36(46)50-37(2,3)4)34(44)42-22-26(19-31(42)33(43)41-38)49-32-20-29(23-12-8-7-9-13-23)39-30-18-25(47-5)16-17-27(30)32/h7-10,12-14,16-18,20,24,26,28,31H,6,11,15,19,21-22H2,1-5H3,(H,40,46)(H,41,43)/t24-,26?,28+,31+,38-/m1/s1. The molecule has 12 heteroatoms. The number of amides is 3. The van der Waals surface area contributed by atoms with Gasteiger partial charge in [-0.05, 0) is 59.1 Å². The lowest BCUT2D eigenvalue weighted by Gasteiger charge is -2.30. The normalized spacial score (nSPS) is 24.9. The largest absolute Gasteiger partial charge is 0.497 e. The van der Waals surface area contributed by atoms with Crippen molar-refractivity contribution >= 4 is 34.8 Å². The molecule has 12 nitrogen and oxygen atoms in total. The van der Waals surface area contributed by atoms with Crippen molar-refractivity contribution in [3.63, 3.8) is 0 Å². The average Bonchev–Trinajstić information content (AvgIpc) is 3.61. The summed E-state index contributed by atoms with van der Waals surface area (Å²) >= 11 is 0. The van der Waals surface area contributed by atoms with Crippen LogP contribution >= 0.6 is 0 Å². The smallest absolute Gasteiger partial charge is 0.408 e. The second-order valence-electron chi connectivity index (χ2n) is 13.9. The third-order valence-corrected chi connectivity index (χ3v) is 9.17. The molecule has 6 rings (SSSR count). The Morgan fingerprint density at radius 3 is 2.60 bits per heavy atom. The molecule has 2 aromatic carbocycles. The maximum Gasteiger partial charge on any atom is 0.408 e. The van der Waals surface area contributed by atoms with E-state index in [0.29, 0.717) is 35.6 Å². The first-order valence-corrected chi connectivity index (χ1v) is 17.1. The fourth-order valence-corrected chi connectivity index (χ4v) is 6.66. The summed E-state index contributed by atoms with van der Waals surface area (Å²) in [7, 11) is 1.59. The van der Waals surface area contributed by atoms with Crippen molar-refractivity contribution in [1.29, 1.82) is 0 Å². The van der Waals surface area contributed by atoms with Crippen molar-refractivity contribution < 1.29 is 38.1 Å². The van der Waals surface area contributed by atoms with Gasteiger partial charge in [0.05, 0.1) is 31.5 Å². The third-order valence-electron chi connectivity index (χ3n) is 9.17. The van der Waals surface area contributed by atoms with Gasteiger partial charge in [0, 0.05) is 35.4 Å². The highest BCUT2D eigenvalue weighted by Crippen LogP contribution is 2.46. The number of rotatable bonds is 7. The summed E-state index contributed by atoms with van der Waals surface area (Å²) in [5.74, 6) is -0.510. The molecule has 50 heavy (non-hydrogen) atoms. The number of esters is 1. The van der Waals surface area contributed by atoms with Crippen LogP contribution in [0.3, 0.4) is 0 Å². The van der Waals surface area contributed by atoms with Gasteiger partial charge in [0.2, 0.25) is 11.8 Å². The summed E-state index contributed by atoms with van der Waals surface area (Å²) in [5.41, 5.74) is 0.261. The minimum atomic E-state index is -1.20. The Hall–Kier alpha value is -5.13. The quantitative estimate of drug-likeness (QED) is 0.261. The van der Waals surface area contributed by atoms with E-state index in [9.17, 15) is 19.2 Å². The van der Waals surface area contributed by atoms with Gasteiger partial charge in [0.25, 0.3) is 0 Å². The maximum atomic E-state index is 14.3. The van der Waals surface area contributed by atoms with E-state index in [4.69, 9.17) is 23.9 Å². The number of ether oxygens (including phenoxy) is 4. The molecule has 0 spiro atoms. The van der Waals surface area contributed by atoms with E-state index in [2.05, 4.69) is 10.6 Å². The summed E-state index contributed by atoms with van der Waals surface area (Å²) in [4.78, 5) is 60.8. The summed E-state index contributed by atoms with van der Waals surface area (Å²) in [6, 6.07) is 15.1. The predicted octanol–water partition coefficient (Wildman–Crippen LogP) is 4.94. The zero-order chi connectivity index (χ0) is 35.6. The Morgan fingerprint density at radius 1 is 1.10 bits per heavy atom. The van der Waals surface area contributed by atoms with E-state index in [1.54, 1.807) is 34.8 Å². The SMILES string of the molecule is CCOC(=O)[C@@]12C[C@H]1C=CCC[C@H](NC(=O)OC(C)(C)C)C(=O)N1CC(Oc3cc(-c4ccccc4)nc4cc(OC)ccc34)C[C@H]1C(=O)N2. The first kappa shape index (κ1) is 34.7. The molecule has 2 aliphatic heterocycles. The number of benzene rings is 2. The van der Waals surface area contributed by atoms with Gasteiger partial charge < -0.3 is 34.5 Å². The molecule has 3 heterocycles. The summed E-state index contributed by atoms with van der Waals surface area (Å²) < 4.78 is 23.0. The minimum Gasteiger partial charge on any atom is -0.497 e. The lowest BCUT2D eigenvalue weighted by molar-refractivity contribution is -0.150.